The highest BCUT2D eigenvalue weighted by atomic mass is 31.2. The highest BCUT2D eigenvalue weighted by Crippen LogP contribution is 2.46. The Balaban J connectivity index is 1.70. The number of esters is 1. The van der Waals surface area contributed by atoms with Gasteiger partial charge in [-0.1, -0.05) is 0 Å². The fraction of sp³-hybridized carbons (Fsp3) is 0.476. The summed E-state index contributed by atoms with van der Waals surface area (Å²) in [6.45, 7) is 2.92. The minimum atomic E-state index is -4.04. The van der Waals surface area contributed by atoms with E-state index in [2.05, 4.69) is 14.8 Å². The number of methoxy groups -OCH3 is 2. The van der Waals surface area contributed by atoms with Crippen molar-refractivity contribution in [3.63, 3.8) is 0 Å². The van der Waals surface area contributed by atoms with Crippen molar-refractivity contribution in [1.82, 2.24) is 14.6 Å². The third-order valence-electron chi connectivity index (χ3n) is 5.16. The molecule has 12 nitrogen and oxygen atoms in total. The molecule has 2 heterocycles. The molecule has 0 saturated carbocycles. The van der Waals surface area contributed by atoms with Crippen LogP contribution in [0.1, 0.15) is 31.6 Å². The SMILES string of the molecule is COC(=O)C(C)NP(=O)(OC[C@@H]1CC[C@H](n2cc(C)c(=O)[nH]c2=O)O1)Oc1ccc(OC)cc1. The van der Waals surface area contributed by atoms with E-state index in [1.807, 2.05) is 0 Å². The zero-order valence-corrected chi connectivity index (χ0v) is 20.2. The quantitative estimate of drug-likeness (QED) is 0.368. The summed E-state index contributed by atoms with van der Waals surface area (Å²) in [6.07, 6.45) is 1.30. The normalized spacial score (nSPS) is 20.4. The van der Waals surface area contributed by atoms with Gasteiger partial charge in [-0.25, -0.2) is 9.36 Å². The fourth-order valence-corrected chi connectivity index (χ4v) is 4.85. The minimum absolute atomic E-state index is 0.137. The molecule has 1 aromatic heterocycles. The Morgan fingerprint density at radius 3 is 2.56 bits per heavy atom. The zero-order chi connectivity index (χ0) is 24.9. The van der Waals surface area contributed by atoms with Crippen LogP contribution in [0.15, 0.2) is 40.1 Å². The van der Waals surface area contributed by atoms with Crippen molar-refractivity contribution in [3.05, 3.63) is 56.9 Å². The first-order chi connectivity index (χ1) is 16.1. The molecule has 0 amide bonds. The third kappa shape index (κ3) is 6.35. The number of nitrogens with zero attached hydrogens (tertiary/aromatic N) is 1. The number of rotatable bonds is 10. The number of nitrogens with one attached hydrogen (secondary N) is 2. The summed E-state index contributed by atoms with van der Waals surface area (Å²) in [6, 6.07) is 5.36. The van der Waals surface area contributed by atoms with E-state index in [9.17, 15) is 18.9 Å². The summed E-state index contributed by atoms with van der Waals surface area (Å²) >= 11 is 0. The van der Waals surface area contributed by atoms with E-state index in [1.165, 1.54) is 31.9 Å². The van der Waals surface area contributed by atoms with Crippen molar-refractivity contribution < 1.29 is 32.6 Å². The van der Waals surface area contributed by atoms with E-state index in [1.54, 1.807) is 31.2 Å². The second-order valence-electron chi connectivity index (χ2n) is 7.70. The van der Waals surface area contributed by atoms with Crippen LogP contribution in [0.25, 0.3) is 0 Å². The number of hydrogen-bond acceptors (Lipinski definition) is 9. The monoisotopic (exact) mass is 497 g/mol. The molecule has 1 aromatic carbocycles. The predicted molar refractivity (Wildman–Crippen MR) is 121 cm³/mol. The van der Waals surface area contributed by atoms with Crippen LogP contribution in [-0.2, 0) is 23.4 Å². The molecule has 13 heteroatoms. The van der Waals surface area contributed by atoms with Crippen LogP contribution in [0.2, 0.25) is 0 Å². The molecular weight excluding hydrogens is 469 g/mol. The summed E-state index contributed by atoms with van der Waals surface area (Å²) in [5.41, 5.74) is -0.660. The van der Waals surface area contributed by atoms with Gasteiger partial charge in [-0.05, 0) is 51.0 Å². The Morgan fingerprint density at radius 2 is 1.91 bits per heavy atom. The maximum absolute atomic E-state index is 13.5. The standard InChI is InChI=1S/C21H28N3O9P/c1-13-11-24(21(27)22-19(13)25)18-10-9-17(32-18)12-31-34(28,23-14(2)20(26)30-4)33-16-7-5-15(29-3)6-8-16/h5-8,11,14,17-18H,9-10,12H2,1-4H3,(H,23,28)(H,22,25,27)/t14?,17-,18+,34?/m0/s1. The number of carbonyl (C=O) groups excluding carboxylic acids is 1. The van der Waals surface area contributed by atoms with E-state index in [-0.39, 0.29) is 12.4 Å². The van der Waals surface area contributed by atoms with Crippen molar-refractivity contribution in [1.29, 1.82) is 0 Å². The van der Waals surface area contributed by atoms with Gasteiger partial charge in [0.1, 0.15) is 23.8 Å². The molecule has 0 bridgehead atoms. The van der Waals surface area contributed by atoms with Gasteiger partial charge in [-0.2, -0.15) is 5.09 Å². The molecule has 0 radical (unpaired) electrons. The lowest BCUT2D eigenvalue weighted by Gasteiger charge is -2.24. The van der Waals surface area contributed by atoms with Crippen LogP contribution in [0.3, 0.4) is 0 Å². The molecule has 34 heavy (non-hydrogen) atoms. The second-order valence-corrected chi connectivity index (χ2v) is 9.40. The smallest absolute Gasteiger partial charge is 0.459 e. The Kier molecular flexibility index (Phi) is 8.32. The van der Waals surface area contributed by atoms with Gasteiger partial charge < -0.3 is 18.7 Å². The Bertz CT molecular complexity index is 1160. The molecule has 4 atom stereocenters. The van der Waals surface area contributed by atoms with Gasteiger partial charge in [-0.3, -0.25) is 23.7 Å². The summed E-state index contributed by atoms with van der Waals surface area (Å²) in [5, 5.41) is 2.57. The second kappa shape index (κ2) is 11.0. The molecule has 2 N–H and O–H groups in total. The summed E-state index contributed by atoms with van der Waals surface area (Å²) in [7, 11) is -1.32. The zero-order valence-electron chi connectivity index (χ0n) is 19.3. The lowest BCUT2D eigenvalue weighted by molar-refractivity contribution is -0.142. The molecule has 1 aliphatic heterocycles. The molecule has 2 aromatic rings. The van der Waals surface area contributed by atoms with E-state index in [0.717, 1.165) is 0 Å². The van der Waals surface area contributed by atoms with Crippen LogP contribution in [0.5, 0.6) is 11.5 Å². The van der Waals surface area contributed by atoms with Gasteiger partial charge in [0.15, 0.2) is 0 Å². The molecule has 1 fully saturated rings. The average Bonchev–Trinajstić information content (AvgIpc) is 3.29. The first-order valence-electron chi connectivity index (χ1n) is 10.6. The van der Waals surface area contributed by atoms with E-state index in [0.29, 0.717) is 24.2 Å². The van der Waals surface area contributed by atoms with E-state index in [4.69, 9.17) is 18.5 Å². The van der Waals surface area contributed by atoms with Crippen LogP contribution in [0, 0.1) is 6.92 Å². The van der Waals surface area contributed by atoms with Crippen molar-refractivity contribution in [2.45, 2.75) is 45.1 Å². The number of ether oxygens (including phenoxy) is 3. The molecule has 3 rings (SSSR count). The van der Waals surface area contributed by atoms with Crippen LogP contribution >= 0.6 is 7.75 Å². The molecular formula is C21H28N3O9P. The summed E-state index contributed by atoms with van der Waals surface area (Å²) < 4.78 is 41.6. The lowest BCUT2D eigenvalue weighted by atomic mass is 10.2. The molecule has 0 spiro atoms. The van der Waals surface area contributed by atoms with Crippen LogP contribution < -0.4 is 25.6 Å². The summed E-state index contributed by atoms with van der Waals surface area (Å²) in [5.74, 6) is 0.165. The highest BCUT2D eigenvalue weighted by Gasteiger charge is 2.35. The van der Waals surface area contributed by atoms with Crippen molar-refractivity contribution in [2.24, 2.45) is 0 Å². The summed E-state index contributed by atoms with van der Waals surface area (Å²) in [4.78, 5) is 37.8. The topological polar surface area (TPSA) is 147 Å². The fourth-order valence-electron chi connectivity index (χ4n) is 3.33. The third-order valence-corrected chi connectivity index (χ3v) is 6.81. The number of carbonyl (C=O) groups is 1. The minimum Gasteiger partial charge on any atom is -0.497 e. The molecule has 1 aliphatic rings. The lowest BCUT2D eigenvalue weighted by Crippen LogP contribution is -2.35. The average molecular weight is 497 g/mol. The Hall–Kier alpha value is -2.92. The number of H-pyrrole nitrogens is 1. The van der Waals surface area contributed by atoms with Crippen LogP contribution in [0.4, 0.5) is 0 Å². The van der Waals surface area contributed by atoms with E-state index >= 15 is 0 Å². The first kappa shape index (κ1) is 25.7. The number of aryl methyl sites for hydroxylation is 1. The van der Waals surface area contributed by atoms with Crippen LogP contribution in [-0.4, -0.2) is 48.5 Å². The molecule has 1 saturated heterocycles. The van der Waals surface area contributed by atoms with E-state index < -0.39 is 43.3 Å². The maximum atomic E-state index is 13.5. The number of aromatic amines is 1. The predicted octanol–water partition coefficient (Wildman–Crippen LogP) is 1.89. The molecule has 0 aliphatic carbocycles. The van der Waals surface area contributed by atoms with Gasteiger partial charge in [-0.15, -0.1) is 0 Å². The maximum Gasteiger partial charge on any atom is 0.459 e. The number of hydrogen-bond donors (Lipinski definition) is 2. The van der Waals surface area contributed by atoms with Gasteiger partial charge in [0.2, 0.25) is 0 Å². The van der Waals surface area contributed by atoms with Gasteiger partial charge in [0.25, 0.3) is 5.56 Å². The number of benzene rings is 1. The Labute approximate surface area is 195 Å². The van der Waals surface area contributed by atoms with Gasteiger partial charge in [0, 0.05) is 11.8 Å². The Morgan fingerprint density at radius 1 is 1.24 bits per heavy atom. The first-order valence-corrected chi connectivity index (χ1v) is 12.1. The van der Waals surface area contributed by atoms with Crippen molar-refractivity contribution >= 4 is 13.7 Å². The van der Waals surface area contributed by atoms with Crippen molar-refractivity contribution in [2.75, 3.05) is 20.8 Å². The largest absolute Gasteiger partial charge is 0.497 e. The molecule has 2 unspecified atom stereocenters. The van der Waals surface area contributed by atoms with Gasteiger partial charge >= 0.3 is 19.4 Å². The van der Waals surface area contributed by atoms with Gasteiger partial charge in [0.05, 0.1) is 26.9 Å². The highest BCUT2D eigenvalue weighted by molar-refractivity contribution is 7.52. The van der Waals surface area contributed by atoms with Crippen molar-refractivity contribution in [3.8, 4) is 11.5 Å². The molecule has 186 valence electrons. The number of aromatic nitrogens is 2.